The van der Waals surface area contributed by atoms with Crippen LogP contribution in [-0.4, -0.2) is 23.9 Å². The molecule has 1 amide bonds. The Balaban J connectivity index is 1.93. The number of likely N-dealkylation sites (N-methyl/N-ethyl adjacent to an activating group) is 1. The lowest BCUT2D eigenvalue weighted by Crippen LogP contribution is -2.34. The van der Waals surface area contributed by atoms with Crippen molar-refractivity contribution in [3.8, 4) is 6.07 Å². The first kappa shape index (κ1) is 15.6. The molecule has 0 bridgehead atoms. The molecule has 0 fully saturated rings. The van der Waals surface area contributed by atoms with Crippen LogP contribution < -0.4 is 5.32 Å². The Morgan fingerprint density at radius 3 is 2.64 bits per heavy atom. The van der Waals surface area contributed by atoms with Crippen molar-refractivity contribution < 1.29 is 4.79 Å². The number of nitrogens with zero attached hydrogens (tertiary/aromatic N) is 2. The van der Waals surface area contributed by atoms with Crippen molar-refractivity contribution in [1.82, 2.24) is 4.90 Å². The minimum Gasteiger partial charge on any atom is -0.376 e. The molecule has 112 valence electrons. The fraction of sp³-hybridized carbons (Fsp3) is 0.222. The first-order valence-corrected chi connectivity index (χ1v) is 7.28. The van der Waals surface area contributed by atoms with Crippen LogP contribution in [0.15, 0.2) is 54.6 Å². The largest absolute Gasteiger partial charge is 0.376 e. The van der Waals surface area contributed by atoms with Crippen LogP contribution in [-0.2, 0) is 11.3 Å². The predicted molar refractivity (Wildman–Crippen MR) is 87.2 cm³/mol. The normalized spacial score (nSPS) is 9.82. The van der Waals surface area contributed by atoms with Gasteiger partial charge in [-0.15, -0.1) is 0 Å². The third-order valence-corrected chi connectivity index (χ3v) is 3.39. The lowest BCUT2D eigenvalue weighted by Gasteiger charge is -2.21. The number of rotatable bonds is 6. The quantitative estimate of drug-likeness (QED) is 0.890. The highest BCUT2D eigenvalue weighted by atomic mass is 16.2. The average molecular weight is 293 g/mol. The number of hydrogen-bond acceptors (Lipinski definition) is 3. The smallest absolute Gasteiger partial charge is 0.242 e. The number of carbonyl (C=O) groups is 1. The first-order valence-electron chi connectivity index (χ1n) is 7.28. The molecule has 0 aliphatic carbocycles. The Morgan fingerprint density at radius 2 is 1.95 bits per heavy atom. The molecule has 2 aromatic carbocycles. The standard InChI is InChI=1S/C18H19N3O/c1-2-21(14-15-7-4-3-5-8-15)18(22)13-20-17-10-6-9-16(11-17)12-19/h3-11,20H,2,13-14H2,1H3. The van der Waals surface area contributed by atoms with E-state index < -0.39 is 0 Å². The van der Waals surface area contributed by atoms with Crippen molar-refractivity contribution in [3.63, 3.8) is 0 Å². The van der Waals surface area contributed by atoms with E-state index in [4.69, 9.17) is 5.26 Å². The van der Waals surface area contributed by atoms with Crippen LogP contribution in [0.1, 0.15) is 18.1 Å². The number of carbonyl (C=O) groups excluding carboxylic acids is 1. The molecule has 0 spiro atoms. The van der Waals surface area contributed by atoms with E-state index in [0.717, 1.165) is 11.3 Å². The molecule has 1 N–H and O–H groups in total. The van der Waals surface area contributed by atoms with E-state index in [1.165, 1.54) is 0 Å². The van der Waals surface area contributed by atoms with Gasteiger partial charge < -0.3 is 10.2 Å². The molecule has 4 heteroatoms. The van der Waals surface area contributed by atoms with Crippen molar-refractivity contribution in [2.45, 2.75) is 13.5 Å². The molecule has 22 heavy (non-hydrogen) atoms. The molecule has 0 radical (unpaired) electrons. The summed E-state index contributed by atoms with van der Waals surface area (Å²) in [5.74, 6) is 0.0358. The minimum atomic E-state index is 0.0358. The lowest BCUT2D eigenvalue weighted by atomic mass is 10.2. The average Bonchev–Trinajstić information content (AvgIpc) is 2.58. The van der Waals surface area contributed by atoms with E-state index in [-0.39, 0.29) is 12.5 Å². The van der Waals surface area contributed by atoms with Gasteiger partial charge in [-0.05, 0) is 30.7 Å². The second-order valence-electron chi connectivity index (χ2n) is 4.94. The van der Waals surface area contributed by atoms with Crippen LogP contribution in [0.3, 0.4) is 0 Å². The number of hydrogen-bond donors (Lipinski definition) is 1. The molecular weight excluding hydrogens is 274 g/mol. The van der Waals surface area contributed by atoms with Gasteiger partial charge in [0.15, 0.2) is 0 Å². The summed E-state index contributed by atoms with van der Waals surface area (Å²) in [4.78, 5) is 14.1. The molecule has 0 aromatic heterocycles. The van der Waals surface area contributed by atoms with Gasteiger partial charge >= 0.3 is 0 Å². The zero-order valence-electron chi connectivity index (χ0n) is 12.6. The van der Waals surface area contributed by atoms with E-state index in [0.29, 0.717) is 18.7 Å². The number of nitriles is 1. The molecule has 0 heterocycles. The van der Waals surface area contributed by atoms with Gasteiger partial charge in [-0.3, -0.25) is 4.79 Å². The zero-order valence-corrected chi connectivity index (χ0v) is 12.6. The second kappa shape index (κ2) is 7.84. The molecule has 0 unspecified atom stereocenters. The lowest BCUT2D eigenvalue weighted by molar-refractivity contribution is -0.129. The molecule has 0 saturated carbocycles. The SMILES string of the molecule is CCN(Cc1ccccc1)C(=O)CNc1cccc(C#N)c1. The molecule has 0 saturated heterocycles. The zero-order chi connectivity index (χ0) is 15.8. The van der Waals surface area contributed by atoms with Gasteiger partial charge in [0.2, 0.25) is 5.91 Å². The molecule has 2 rings (SSSR count). The summed E-state index contributed by atoms with van der Waals surface area (Å²) in [7, 11) is 0. The second-order valence-corrected chi connectivity index (χ2v) is 4.94. The number of amides is 1. The van der Waals surface area contributed by atoms with Gasteiger partial charge in [-0.2, -0.15) is 5.26 Å². The van der Waals surface area contributed by atoms with Crippen molar-refractivity contribution in [2.24, 2.45) is 0 Å². The van der Waals surface area contributed by atoms with Gasteiger partial charge in [-0.1, -0.05) is 36.4 Å². The van der Waals surface area contributed by atoms with Gasteiger partial charge in [-0.25, -0.2) is 0 Å². The van der Waals surface area contributed by atoms with Gasteiger partial charge in [0.1, 0.15) is 0 Å². The summed E-state index contributed by atoms with van der Waals surface area (Å²) in [5, 5.41) is 12.0. The Labute approximate surface area is 131 Å². The van der Waals surface area contributed by atoms with E-state index >= 15 is 0 Å². The molecule has 0 atom stereocenters. The van der Waals surface area contributed by atoms with Crippen molar-refractivity contribution in [1.29, 1.82) is 5.26 Å². The van der Waals surface area contributed by atoms with E-state index in [1.54, 1.807) is 23.1 Å². The fourth-order valence-electron chi connectivity index (χ4n) is 2.17. The third kappa shape index (κ3) is 4.35. The van der Waals surface area contributed by atoms with Gasteiger partial charge in [0, 0.05) is 18.8 Å². The number of benzene rings is 2. The van der Waals surface area contributed by atoms with Crippen LogP contribution in [0.4, 0.5) is 5.69 Å². The van der Waals surface area contributed by atoms with Crippen molar-refractivity contribution in [3.05, 3.63) is 65.7 Å². The maximum atomic E-state index is 12.3. The summed E-state index contributed by atoms with van der Waals surface area (Å²) >= 11 is 0. The number of anilines is 1. The highest BCUT2D eigenvalue weighted by Gasteiger charge is 2.11. The Kier molecular flexibility index (Phi) is 5.56. The van der Waals surface area contributed by atoms with Crippen LogP contribution >= 0.6 is 0 Å². The van der Waals surface area contributed by atoms with Gasteiger partial charge in [0.25, 0.3) is 0 Å². The maximum Gasteiger partial charge on any atom is 0.242 e. The highest BCUT2D eigenvalue weighted by Crippen LogP contribution is 2.10. The van der Waals surface area contributed by atoms with Crippen molar-refractivity contribution in [2.75, 3.05) is 18.4 Å². The topological polar surface area (TPSA) is 56.1 Å². The monoisotopic (exact) mass is 293 g/mol. The summed E-state index contributed by atoms with van der Waals surface area (Å²) in [6, 6.07) is 19.1. The van der Waals surface area contributed by atoms with E-state index in [2.05, 4.69) is 11.4 Å². The van der Waals surface area contributed by atoms with Crippen LogP contribution in [0.2, 0.25) is 0 Å². The minimum absolute atomic E-state index is 0.0358. The first-order chi connectivity index (χ1) is 10.7. The Bertz CT molecular complexity index is 662. The Hall–Kier alpha value is -2.80. The van der Waals surface area contributed by atoms with Crippen molar-refractivity contribution >= 4 is 11.6 Å². The summed E-state index contributed by atoms with van der Waals surface area (Å²) in [5.41, 5.74) is 2.47. The molecule has 2 aromatic rings. The third-order valence-electron chi connectivity index (χ3n) is 3.39. The molecular formula is C18H19N3O. The number of nitrogens with one attached hydrogen (secondary N) is 1. The summed E-state index contributed by atoms with van der Waals surface area (Å²) in [6.45, 7) is 3.45. The summed E-state index contributed by atoms with van der Waals surface area (Å²) in [6.07, 6.45) is 0. The molecule has 0 aliphatic heterocycles. The summed E-state index contributed by atoms with van der Waals surface area (Å²) < 4.78 is 0. The van der Waals surface area contributed by atoms with E-state index in [1.807, 2.05) is 43.3 Å². The van der Waals surface area contributed by atoms with Gasteiger partial charge in [0.05, 0.1) is 18.2 Å². The van der Waals surface area contributed by atoms with E-state index in [9.17, 15) is 4.79 Å². The Morgan fingerprint density at radius 1 is 1.18 bits per heavy atom. The fourth-order valence-corrected chi connectivity index (χ4v) is 2.17. The molecule has 4 nitrogen and oxygen atoms in total. The molecule has 0 aliphatic rings. The maximum absolute atomic E-state index is 12.3. The van der Waals surface area contributed by atoms with Crippen LogP contribution in [0, 0.1) is 11.3 Å². The van der Waals surface area contributed by atoms with Crippen LogP contribution in [0.5, 0.6) is 0 Å². The van der Waals surface area contributed by atoms with Crippen LogP contribution in [0.25, 0.3) is 0 Å². The predicted octanol–water partition coefficient (Wildman–Crippen LogP) is 3.02. The highest BCUT2D eigenvalue weighted by molar-refractivity contribution is 5.80.